The van der Waals surface area contributed by atoms with E-state index in [1.165, 1.54) is 4.90 Å². The molecule has 3 nitrogen and oxygen atoms in total. The average molecular weight is 269 g/mol. The van der Waals surface area contributed by atoms with Gasteiger partial charge in [-0.2, -0.15) is 0 Å². The summed E-state index contributed by atoms with van der Waals surface area (Å²) in [6, 6.07) is 8.07. The van der Waals surface area contributed by atoms with Gasteiger partial charge in [0.2, 0.25) is 0 Å². The summed E-state index contributed by atoms with van der Waals surface area (Å²) >= 11 is 7.78. The van der Waals surface area contributed by atoms with Crippen molar-refractivity contribution in [1.82, 2.24) is 9.97 Å². The third kappa shape index (κ3) is 2.83. The molecule has 0 aliphatic carbocycles. The van der Waals surface area contributed by atoms with Crippen molar-refractivity contribution in [3.63, 3.8) is 0 Å². The summed E-state index contributed by atoms with van der Waals surface area (Å²) in [4.78, 5) is 8.54. The Bertz CT molecular complexity index is 496. The quantitative estimate of drug-likeness (QED) is 0.838. The zero-order valence-electron chi connectivity index (χ0n) is 9.40. The Kier molecular flexibility index (Phi) is 4.10. The molecule has 1 heterocycles. The molecule has 2 rings (SSSR count). The number of hydrogen-bond acceptors (Lipinski definition) is 3. The number of aromatic amines is 1. The van der Waals surface area contributed by atoms with Crippen molar-refractivity contribution in [3.8, 4) is 11.3 Å². The molecule has 1 aromatic carbocycles. The third-order valence-electron chi connectivity index (χ3n) is 2.42. The number of halogens is 1. The van der Waals surface area contributed by atoms with E-state index in [4.69, 9.17) is 16.7 Å². The van der Waals surface area contributed by atoms with E-state index in [1.807, 2.05) is 30.5 Å². The lowest BCUT2D eigenvalue weighted by Gasteiger charge is -1.99. The minimum atomic E-state index is 0.0642. The molecular formula is C12H13ClN2OS. The predicted octanol–water partition coefficient (Wildman–Crippen LogP) is 2.99. The Hall–Kier alpha value is -0.970. The summed E-state index contributed by atoms with van der Waals surface area (Å²) in [6.45, 7) is 0.0642. The molecule has 0 saturated heterocycles. The monoisotopic (exact) mass is 268 g/mol. The fraction of sp³-hybridized carbons (Fsp3) is 0.250. The highest BCUT2D eigenvalue weighted by molar-refractivity contribution is 7.98. The number of aliphatic hydroxyl groups excluding tert-OH is 1. The molecule has 0 saturated carbocycles. The summed E-state index contributed by atoms with van der Waals surface area (Å²) < 4.78 is 0. The van der Waals surface area contributed by atoms with Crippen molar-refractivity contribution in [2.24, 2.45) is 0 Å². The molecule has 0 atom stereocenters. The lowest BCUT2D eigenvalue weighted by Crippen LogP contribution is -1.92. The van der Waals surface area contributed by atoms with E-state index in [1.54, 1.807) is 11.8 Å². The molecule has 0 unspecified atom stereocenters. The maximum absolute atomic E-state index is 8.85. The molecule has 0 amide bonds. The Balaban J connectivity index is 2.31. The molecule has 90 valence electrons. The molecule has 5 heteroatoms. The minimum Gasteiger partial charge on any atom is -0.396 e. The topological polar surface area (TPSA) is 48.9 Å². The van der Waals surface area contributed by atoms with Gasteiger partial charge >= 0.3 is 0 Å². The van der Waals surface area contributed by atoms with E-state index < -0.39 is 0 Å². The average Bonchev–Trinajstić information content (AvgIpc) is 2.71. The van der Waals surface area contributed by atoms with Crippen molar-refractivity contribution >= 4 is 23.4 Å². The molecule has 1 aromatic heterocycles. The second-order valence-electron chi connectivity index (χ2n) is 3.55. The van der Waals surface area contributed by atoms with Crippen LogP contribution in [0.2, 0.25) is 5.15 Å². The standard InChI is InChI=1S/C12H13ClN2OS/c1-17-9-4-2-8(3-5-9)11-12(13)15-10(14-11)6-7-16/h2-5,16H,6-7H2,1H3,(H,14,15). The fourth-order valence-electron chi connectivity index (χ4n) is 1.56. The number of imidazole rings is 1. The van der Waals surface area contributed by atoms with Crippen molar-refractivity contribution in [2.45, 2.75) is 11.3 Å². The highest BCUT2D eigenvalue weighted by Crippen LogP contribution is 2.27. The first-order valence-electron chi connectivity index (χ1n) is 5.24. The Morgan fingerprint density at radius 1 is 1.35 bits per heavy atom. The number of aliphatic hydroxyl groups is 1. The van der Waals surface area contributed by atoms with Crippen LogP contribution in [0.25, 0.3) is 11.3 Å². The zero-order chi connectivity index (χ0) is 12.3. The van der Waals surface area contributed by atoms with Crippen LogP contribution in [-0.2, 0) is 6.42 Å². The van der Waals surface area contributed by atoms with E-state index in [-0.39, 0.29) is 6.61 Å². The van der Waals surface area contributed by atoms with E-state index in [0.29, 0.717) is 17.4 Å². The van der Waals surface area contributed by atoms with Crippen LogP contribution in [0.1, 0.15) is 5.82 Å². The van der Waals surface area contributed by atoms with Crippen LogP contribution in [0.3, 0.4) is 0 Å². The number of nitrogens with one attached hydrogen (secondary N) is 1. The molecule has 0 bridgehead atoms. The summed E-state index contributed by atoms with van der Waals surface area (Å²) in [5, 5.41) is 9.37. The fourth-order valence-corrected chi connectivity index (χ4v) is 2.23. The summed E-state index contributed by atoms with van der Waals surface area (Å²) in [6.07, 6.45) is 2.53. The van der Waals surface area contributed by atoms with E-state index in [0.717, 1.165) is 11.3 Å². The zero-order valence-corrected chi connectivity index (χ0v) is 11.0. The Morgan fingerprint density at radius 3 is 2.65 bits per heavy atom. The molecule has 0 spiro atoms. The molecular weight excluding hydrogens is 256 g/mol. The Labute approximate surface area is 109 Å². The normalized spacial score (nSPS) is 10.8. The molecule has 0 radical (unpaired) electrons. The third-order valence-corrected chi connectivity index (χ3v) is 3.44. The van der Waals surface area contributed by atoms with E-state index in [2.05, 4.69) is 9.97 Å². The molecule has 2 N–H and O–H groups in total. The van der Waals surface area contributed by atoms with Gasteiger partial charge in [0.05, 0.1) is 6.61 Å². The largest absolute Gasteiger partial charge is 0.396 e. The van der Waals surface area contributed by atoms with Gasteiger partial charge in [0.15, 0.2) is 0 Å². The van der Waals surface area contributed by atoms with Gasteiger partial charge in [-0.3, -0.25) is 0 Å². The van der Waals surface area contributed by atoms with Crippen molar-refractivity contribution in [1.29, 1.82) is 0 Å². The first-order valence-corrected chi connectivity index (χ1v) is 6.84. The summed E-state index contributed by atoms with van der Waals surface area (Å²) in [5.41, 5.74) is 1.72. The highest BCUT2D eigenvalue weighted by Gasteiger charge is 2.10. The van der Waals surface area contributed by atoms with Crippen LogP contribution < -0.4 is 0 Å². The van der Waals surface area contributed by atoms with Gasteiger partial charge in [-0.1, -0.05) is 23.7 Å². The van der Waals surface area contributed by atoms with Crippen LogP contribution in [0.15, 0.2) is 29.2 Å². The molecule has 0 aliphatic rings. The van der Waals surface area contributed by atoms with E-state index >= 15 is 0 Å². The maximum atomic E-state index is 8.85. The second-order valence-corrected chi connectivity index (χ2v) is 4.81. The number of hydrogen-bond donors (Lipinski definition) is 2. The van der Waals surface area contributed by atoms with Gasteiger partial charge in [0, 0.05) is 16.9 Å². The number of benzene rings is 1. The Morgan fingerprint density at radius 2 is 2.06 bits per heavy atom. The van der Waals surface area contributed by atoms with Gasteiger partial charge in [-0.05, 0) is 18.4 Å². The van der Waals surface area contributed by atoms with Gasteiger partial charge in [-0.25, -0.2) is 4.98 Å². The summed E-state index contributed by atoms with van der Waals surface area (Å²) in [7, 11) is 0. The van der Waals surface area contributed by atoms with Crippen molar-refractivity contribution in [2.75, 3.05) is 12.9 Å². The van der Waals surface area contributed by atoms with Crippen LogP contribution in [0.4, 0.5) is 0 Å². The number of H-pyrrole nitrogens is 1. The highest BCUT2D eigenvalue weighted by atomic mass is 35.5. The van der Waals surface area contributed by atoms with Gasteiger partial charge in [0.25, 0.3) is 0 Å². The summed E-state index contributed by atoms with van der Waals surface area (Å²) in [5.74, 6) is 0.710. The first-order chi connectivity index (χ1) is 8.24. The van der Waals surface area contributed by atoms with Crippen LogP contribution in [0, 0.1) is 0 Å². The molecule has 17 heavy (non-hydrogen) atoms. The SMILES string of the molecule is CSc1ccc(-c2nc(CCO)[nH]c2Cl)cc1. The van der Waals surface area contributed by atoms with Crippen molar-refractivity contribution < 1.29 is 5.11 Å². The molecule has 2 aromatic rings. The van der Waals surface area contributed by atoms with E-state index in [9.17, 15) is 0 Å². The molecule has 0 aliphatic heterocycles. The number of nitrogens with zero attached hydrogens (tertiary/aromatic N) is 1. The first kappa shape index (κ1) is 12.5. The molecule has 0 fully saturated rings. The number of aromatic nitrogens is 2. The van der Waals surface area contributed by atoms with Crippen LogP contribution in [0.5, 0.6) is 0 Å². The lowest BCUT2D eigenvalue weighted by atomic mass is 10.2. The van der Waals surface area contributed by atoms with Gasteiger partial charge in [0.1, 0.15) is 16.7 Å². The van der Waals surface area contributed by atoms with Crippen LogP contribution >= 0.6 is 23.4 Å². The minimum absolute atomic E-state index is 0.0642. The number of rotatable bonds is 4. The number of thioether (sulfide) groups is 1. The lowest BCUT2D eigenvalue weighted by molar-refractivity contribution is 0.297. The van der Waals surface area contributed by atoms with Gasteiger partial charge < -0.3 is 10.1 Å². The van der Waals surface area contributed by atoms with Gasteiger partial charge in [-0.15, -0.1) is 11.8 Å². The van der Waals surface area contributed by atoms with Crippen LogP contribution in [-0.4, -0.2) is 27.9 Å². The maximum Gasteiger partial charge on any atom is 0.134 e. The van der Waals surface area contributed by atoms with Crippen molar-refractivity contribution in [3.05, 3.63) is 35.2 Å². The second kappa shape index (κ2) is 5.58. The predicted molar refractivity (Wildman–Crippen MR) is 71.6 cm³/mol. The smallest absolute Gasteiger partial charge is 0.134 e.